The van der Waals surface area contributed by atoms with E-state index in [0.717, 1.165) is 17.2 Å². The molecule has 1 rings (SSSR count). The lowest BCUT2D eigenvalue weighted by Gasteiger charge is -2.10. The third kappa shape index (κ3) is 3.59. The van der Waals surface area contributed by atoms with Gasteiger partial charge in [0.1, 0.15) is 0 Å². The smallest absolute Gasteiger partial charge is 0.0406 e. The Morgan fingerprint density at radius 2 is 2.00 bits per heavy atom. The first-order valence-corrected chi connectivity index (χ1v) is 6.01. The number of thioether (sulfide) groups is 1. The highest BCUT2D eigenvalue weighted by molar-refractivity contribution is 7.98. The Morgan fingerprint density at radius 3 is 2.54 bits per heavy atom. The van der Waals surface area contributed by atoms with E-state index in [0.29, 0.717) is 0 Å². The molecule has 0 aromatic heterocycles. The van der Waals surface area contributed by atoms with Crippen molar-refractivity contribution in [1.82, 2.24) is 0 Å². The summed E-state index contributed by atoms with van der Waals surface area (Å²) in [5.41, 5.74) is 7.14. The zero-order chi connectivity index (χ0) is 9.68. The number of halogens is 1. The zero-order valence-electron chi connectivity index (χ0n) is 7.66. The van der Waals surface area contributed by atoms with Gasteiger partial charge in [0.15, 0.2) is 0 Å². The highest BCUT2D eigenvalue weighted by Gasteiger charge is 2.04. The topological polar surface area (TPSA) is 26.0 Å². The minimum absolute atomic E-state index is 0.143. The summed E-state index contributed by atoms with van der Waals surface area (Å²) >= 11 is 7.60. The first-order chi connectivity index (χ1) is 6.24. The van der Waals surface area contributed by atoms with Crippen LogP contribution in [0.3, 0.4) is 0 Å². The van der Waals surface area contributed by atoms with Gasteiger partial charge < -0.3 is 5.73 Å². The minimum atomic E-state index is 0.143. The van der Waals surface area contributed by atoms with Gasteiger partial charge in [-0.2, -0.15) is 11.8 Å². The van der Waals surface area contributed by atoms with Gasteiger partial charge in [0.2, 0.25) is 0 Å². The highest BCUT2D eigenvalue weighted by Crippen LogP contribution is 2.18. The van der Waals surface area contributed by atoms with Gasteiger partial charge in [-0.05, 0) is 36.1 Å². The molecule has 13 heavy (non-hydrogen) atoms. The van der Waals surface area contributed by atoms with E-state index in [1.54, 1.807) is 0 Å². The summed E-state index contributed by atoms with van der Waals surface area (Å²) in [7, 11) is 0. The quantitative estimate of drug-likeness (QED) is 0.836. The maximum Gasteiger partial charge on any atom is 0.0406 e. The summed E-state index contributed by atoms with van der Waals surface area (Å²) in [4.78, 5) is 0. The zero-order valence-corrected chi connectivity index (χ0v) is 9.24. The fourth-order valence-corrected chi connectivity index (χ4v) is 1.74. The molecule has 0 saturated carbocycles. The van der Waals surface area contributed by atoms with Crippen molar-refractivity contribution in [2.75, 3.05) is 12.0 Å². The fourth-order valence-electron chi connectivity index (χ4n) is 1.12. The lowest BCUT2D eigenvalue weighted by Crippen LogP contribution is -2.10. The predicted molar refractivity (Wildman–Crippen MR) is 61.4 cm³/mol. The largest absolute Gasteiger partial charge is 0.324 e. The van der Waals surface area contributed by atoms with Crippen LogP contribution >= 0.6 is 23.4 Å². The van der Waals surface area contributed by atoms with E-state index < -0.39 is 0 Å². The molecule has 0 amide bonds. The minimum Gasteiger partial charge on any atom is -0.324 e. The van der Waals surface area contributed by atoms with Gasteiger partial charge in [0.05, 0.1) is 0 Å². The molecule has 0 heterocycles. The van der Waals surface area contributed by atoms with Crippen molar-refractivity contribution >= 4 is 23.4 Å². The Morgan fingerprint density at radius 1 is 1.38 bits per heavy atom. The molecule has 0 spiro atoms. The van der Waals surface area contributed by atoms with Gasteiger partial charge in [-0.1, -0.05) is 23.7 Å². The van der Waals surface area contributed by atoms with E-state index in [-0.39, 0.29) is 6.04 Å². The Kier molecular flexibility index (Phi) is 4.64. The van der Waals surface area contributed by atoms with Gasteiger partial charge in [-0.25, -0.2) is 0 Å². The van der Waals surface area contributed by atoms with Crippen LogP contribution in [0.5, 0.6) is 0 Å². The van der Waals surface area contributed by atoms with Crippen molar-refractivity contribution in [3.63, 3.8) is 0 Å². The summed E-state index contributed by atoms with van der Waals surface area (Å²) in [6, 6.07) is 7.90. The second-order valence-electron chi connectivity index (χ2n) is 2.94. The molecule has 1 unspecified atom stereocenters. The maximum absolute atomic E-state index is 5.97. The monoisotopic (exact) mass is 215 g/mol. The van der Waals surface area contributed by atoms with E-state index in [9.17, 15) is 0 Å². The molecule has 0 aliphatic heterocycles. The maximum atomic E-state index is 5.97. The Balaban J connectivity index is 2.55. The van der Waals surface area contributed by atoms with Crippen molar-refractivity contribution in [3.05, 3.63) is 34.9 Å². The van der Waals surface area contributed by atoms with Crippen LogP contribution in [0, 0.1) is 0 Å². The van der Waals surface area contributed by atoms with Crippen molar-refractivity contribution in [1.29, 1.82) is 0 Å². The van der Waals surface area contributed by atoms with Crippen LogP contribution in [-0.4, -0.2) is 12.0 Å². The van der Waals surface area contributed by atoms with Gasteiger partial charge in [-0.3, -0.25) is 0 Å². The molecule has 0 aliphatic rings. The predicted octanol–water partition coefficient (Wildman–Crippen LogP) is 3.09. The summed E-state index contributed by atoms with van der Waals surface area (Å²) in [5, 5.41) is 0.765. The number of hydrogen-bond acceptors (Lipinski definition) is 2. The van der Waals surface area contributed by atoms with Crippen LogP contribution in [0.25, 0.3) is 0 Å². The van der Waals surface area contributed by atoms with Gasteiger partial charge in [0.25, 0.3) is 0 Å². The van der Waals surface area contributed by atoms with E-state index in [4.69, 9.17) is 17.3 Å². The highest BCUT2D eigenvalue weighted by atomic mass is 35.5. The van der Waals surface area contributed by atoms with E-state index in [1.165, 1.54) is 5.56 Å². The molecule has 2 N–H and O–H groups in total. The molecular formula is C10H14ClNS. The lowest BCUT2D eigenvalue weighted by atomic mass is 10.1. The lowest BCUT2D eigenvalue weighted by molar-refractivity contribution is 0.706. The molecule has 0 radical (unpaired) electrons. The summed E-state index contributed by atoms with van der Waals surface area (Å²) in [6.07, 6.45) is 3.11. The van der Waals surface area contributed by atoms with Crippen LogP contribution in [0.2, 0.25) is 5.02 Å². The average Bonchev–Trinajstić information content (AvgIpc) is 2.15. The second-order valence-corrected chi connectivity index (χ2v) is 4.36. The number of nitrogens with two attached hydrogens (primary N) is 1. The Bertz CT molecular complexity index is 248. The molecule has 72 valence electrons. The first-order valence-electron chi connectivity index (χ1n) is 4.24. The first kappa shape index (κ1) is 10.9. The average molecular weight is 216 g/mol. The number of benzene rings is 1. The van der Waals surface area contributed by atoms with Gasteiger partial charge >= 0.3 is 0 Å². The summed E-state index contributed by atoms with van der Waals surface area (Å²) in [6.45, 7) is 0. The van der Waals surface area contributed by atoms with Crippen LogP contribution in [0.4, 0.5) is 0 Å². The van der Waals surface area contributed by atoms with E-state index >= 15 is 0 Å². The van der Waals surface area contributed by atoms with Gasteiger partial charge in [0, 0.05) is 11.1 Å². The Labute approximate surface area is 88.7 Å². The molecule has 1 aromatic carbocycles. The third-order valence-corrected chi connectivity index (χ3v) is 2.83. The van der Waals surface area contributed by atoms with Crippen molar-refractivity contribution in [2.45, 2.75) is 12.5 Å². The molecule has 0 aliphatic carbocycles. The standard InChI is InChI=1S/C10H14ClNS/c1-13-7-6-10(12)8-2-4-9(11)5-3-8/h2-5,10H,6-7,12H2,1H3. The number of hydrogen-bond donors (Lipinski definition) is 1. The molecule has 1 nitrogen and oxygen atoms in total. The van der Waals surface area contributed by atoms with E-state index in [1.807, 2.05) is 36.0 Å². The van der Waals surface area contributed by atoms with Crippen molar-refractivity contribution in [2.24, 2.45) is 5.73 Å². The third-order valence-electron chi connectivity index (χ3n) is 1.93. The molecule has 0 saturated heterocycles. The molecular weight excluding hydrogens is 202 g/mol. The Hall–Kier alpha value is -0.180. The normalized spacial score (nSPS) is 12.8. The molecule has 1 aromatic rings. The summed E-state index contributed by atoms with van der Waals surface area (Å²) in [5.74, 6) is 1.10. The van der Waals surface area contributed by atoms with Gasteiger partial charge in [-0.15, -0.1) is 0 Å². The van der Waals surface area contributed by atoms with Crippen LogP contribution in [-0.2, 0) is 0 Å². The second kappa shape index (κ2) is 5.53. The molecule has 1 atom stereocenters. The van der Waals surface area contributed by atoms with Crippen molar-refractivity contribution < 1.29 is 0 Å². The van der Waals surface area contributed by atoms with Crippen molar-refractivity contribution in [3.8, 4) is 0 Å². The van der Waals surface area contributed by atoms with E-state index in [2.05, 4.69) is 6.26 Å². The van der Waals surface area contributed by atoms with Crippen LogP contribution in [0.1, 0.15) is 18.0 Å². The molecule has 0 bridgehead atoms. The SMILES string of the molecule is CSCCC(N)c1ccc(Cl)cc1. The van der Waals surface area contributed by atoms with Crippen LogP contribution < -0.4 is 5.73 Å². The molecule has 3 heteroatoms. The summed E-state index contributed by atoms with van der Waals surface area (Å²) < 4.78 is 0. The number of rotatable bonds is 4. The van der Waals surface area contributed by atoms with Crippen LogP contribution in [0.15, 0.2) is 24.3 Å². The molecule has 0 fully saturated rings. The fraction of sp³-hybridized carbons (Fsp3) is 0.400.